The molecule has 1 aliphatic carbocycles. The van der Waals surface area contributed by atoms with Crippen molar-refractivity contribution in [1.82, 2.24) is 0 Å². The summed E-state index contributed by atoms with van der Waals surface area (Å²) < 4.78 is 5.49. The number of rotatable bonds is 3. The van der Waals surface area contributed by atoms with Gasteiger partial charge in [-0.15, -0.1) is 0 Å². The smallest absolute Gasteiger partial charge is 0.115 e. The van der Waals surface area contributed by atoms with Gasteiger partial charge in [-0.3, -0.25) is 0 Å². The normalized spacial score (nSPS) is 27.3. The highest BCUT2D eigenvalue weighted by Crippen LogP contribution is 2.43. The minimum absolute atomic E-state index is 0.312. The maximum Gasteiger partial charge on any atom is 0.115 e. The molecule has 2 heteroatoms. The topological polar surface area (TPSA) is 32.8 Å². The Balaban J connectivity index is 1.46. The molecular formula is C18H18O2. The predicted molar refractivity (Wildman–Crippen MR) is 78.6 cm³/mol. The van der Waals surface area contributed by atoms with E-state index in [1.165, 1.54) is 30.4 Å². The number of hydrogen-bond donors (Lipinski definition) is 1. The predicted octanol–water partition coefficient (Wildman–Crippen LogP) is 3.78. The van der Waals surface area contributed by atoms with E-state index >= 15 is 0 Å². The van der Waals surface area contributed by atoms with Gasteiger partial charge in [0, 0.05) is 0 Å². The number of hydrogen-bond acceptors (Lipinski definition) is 2. The van der Waals surface area contributed by atoms with E-state index in [-0.39, 0.29) is 0 Å². The second kappa shape index (κ2) is 4.64. The molecule has 2 nitrogen and oxygen atoms in total. The minimum Gasteiger partial charge on any atom is -0.508 e. The number of phenols is 1. The van der Waals surface area contributed by atoms with E-state index in [0.717, 1.165) is 11.5 Å². The van der Waals surface area contributed by atoms with E-state index in [1.54, 1.807) is 12.1 Å². The van der Waals surface area contributed by atoms with Crippen molar-refractivity contribution in [2.45, 2.75) is 31.5 Å². The lowest BCUT2D eigenvalue weighted by Gasteiger charge is -2.11. The van der Waals surface area contributed by atoms with Crippen LogP contribution in [-0.2, 0) is 11.2 Å². The average Bonchev–Trinajstić information content (AvgIpc) is 3.08. The lowest BCUT2D eigenvalue weighted by Crippen LogP contribution is -2.03. The zero-order chi connectivity index (χ0) is 13.5. The van der Waals surface area contributed by atoms with Gasteiger partial charge in [-0.2, -0.15) is 0 Å². The van der Waals surface area contributed by atoms with E-state index in [0.29, 0.717) is 18.0 Å². The highest BCUT2D eigenvalue weighted by molar-refractivity contribution is 5.64. The fourth-order valence-corrected chi connectivity index (χ4v) is 3.33. The van der Waals surface area contributed by atoms with E-state index < -0.39 is 0 Å². The van der Waals surface area contributed by atoms with Crippen molar-refractivity contribution in [3.8, 4) is 16.9 Å². The van der Waals surface area contributed by atoms with E-state index in [2.05, 4.69) is 24.3 Å². The van der Waals surface area contributed by atoms with Crippen LogP contribution in [0.3, 0.4) is 0 Å². The van der Waals surface area contributed by atoms with Gasteiger partial charge in [0.05, 0.1) is 12.2 Å². The van der Waals surface area contributed by atoms with Crippen LogP contribution in [0.1, 0.15) is 18.4 Å². The van der Waals surface area contributed by atoms with E-state index in [4.69, 9.17) is 4.74 Å². The Morgan fingerprint density at radius 1 is 0.850 bits per heavy atom. The maximum atomic E-state index is 9.32. The molecule has 4 rings (SSSR count). The SMILES string of the molecule is Oc1ccc(-c2ccc(CC3C[C@@H]4O[C@@H]4C3)cc2)cc1. The number of fused-ring (bicyclic) bond motifs is 1. The standard InChI is InChI=1S/C18H18O2/c19-16-7-5-15(6-8-16)14-3-1-12(2-4-14)9-13-10-17-18(11-13)20-17/h1-8,13,17-19H,9-11H2/t13?,17-,18+. The molecule has 1 saturated carbocycles. The molecular weight excluding hydrogens is 248 g/mol. The summed E-state index contributed by atoms with van der Waals surface area (Å²) in [5.74, 6) is 1.12. The summed E-state index contributed by atoms with van der Waals surface area (Å²) in [4.78, 5) is 0. The average molecular weight is 266 g/mol. The molecule has 2 aliphatic rings. The van der Waals surface area contributed by atoms with Crippen molar-refractivity contribution < 1.29 is 9.84 Å². The van der Waals surface area contributed by atoms with Crippen LogP contribution < -0.4 is 0 Å². The summed E-state index contributed by atoms with van der Waals surface area (Å²) >= 11 is 0. The molecule has 0 amide bonds. The molecule has 2 fully saturated rings. The molecule has 1 unspecified atom stereocenters. The molecule has 1 saturated heterocycles. The zero-order valence-corrected chi connectivity index (χ0v) is 11.3. The quantitative estimate of drug-likeness (QED) is 0.858. The van der Waals surface area contributed by atoms with Gasteiger partial charge in [0.1, 0.15) is 5.75 Å². The zero-order valence-electron chi connectivity index (χ0n) is 11.3. The van der Waals surface area contributed by atoms with Crippen molar-refractivity contribution in [2.75, 3.05) is 0 Å². The highest BCUT2D eigenvalue weighted by Gasteiger charge is 2.47. The van der Waals surface area contributed by atoms with Crippen molar-refractivity contribution >= 4 is 0 Å². The van der Waals surface area contributed by atoms with Crippen LogP contribution in [0.2, 0.25) is 0 Å². The number of epoxide rings is 1. The van der Waals surface area contributed by atoms with Crippen LogP contribution >= 0.6 is 0 Å². The van der Waals surface area contributed by atoms with Crippen molar-refractivity contribution in [3.63, 3.8) is 0 Å². The number of ether oxygens (including phenoxy) is 1. The number of benzene rings is 2. The minimum atomic E-state index is 0.312. The Hall–Kier alpha value is -1.80. The molecule has 1 N–H and O–H groups in total. The van der Waals surface area contributed by atoms with Crippen molar-refractivity contribution in [3.05, 3.63) is 54.1 Å². The molecule has 0 aromatic heterocycles. The van der Waals surface area contributed by atoms with Gasteiger partial charge < -0.3 is 9.84 Å². The van der Waals surface area contributed by atoms with Gasteiger partial charge in [-0.25, -0.2) is 0 Å². The third-order valence-electron chi connectivity index (χ3n) is 4.50. The second-order valence-electron chi connectivity index (χ2n) is 6.00. The van der Waals surface area contributed by atoms with Gasteiger partial charge in [0.15, 0.2) is 0 Å². The second-order valence-corrected chi connectivity index (χ2v) is 6.00. The summed E-state index contributed by atoms with van der Waals surface area (Å²) in [5, 5.41) is 9.32. The first-order valence-corrected chi connectivity index (χ1v) is 7.32. The first-order valence-electron chi connectivity index (χ1n) is 7.32. The largest absolute Gasteiger partial charge is 0.508 e. The maximum absolute atomic E-state index is 9.32. The number of aromatic hydroxyl groups is 1. The summed E-state index contributed by atoms with van der Waals surface area (Å²) in [5.41, 5.74) is 3.76. The Morgan fingerprint density at radius 3 is 2.00 bits per heavy atom. The molecule has 2 aromatic carbocycles. The molecule has 0 radical (unpaired) electrons. The van der Waals surface area contributed by atoms with Crippen LogP contribution in [0, 0.1) is 5.92 Å². The fraction of sp³-hybridized carbons (Fsp3) is 0.333. The summed E-state index contributed by atoms with van der Waals surface area (Å²) in [7, 11) is 0. The van der Waals surface area contributed by atoms with E-state index in [9.17, 15) is 5.11 Å². The van der Waals surface area contributed by atoms with Crippen LogP contribution in [0.25, 0.3) is 11.1 Å². The first kappa shape index (κ1) is 12.0. The lowest BCUT2D eigenvalue weighted by molar-refractivity contribution is 0.272. The summed E-state index contributed by atoms with van der Waals surface area (Å²) in [6.45, 7) is 0. The van der Waals surface area contributed by atoms with E-state index in [1.807, 2.05) is 12.1 Å². The van der Waals surface area contributed by atoms with Crippen molar-refractivity contribution in [2.24, 2.45) is 5.92 Å². The molecule has 1 heterocycles. The Kier molecular flexibility index (Phi) is 2.78. The highest BCUT2D eigenvalue weighted by atomic mass is 16.6. The molecule has 0 bridgehead atoms. The van der Waals surface area contributed by atoms with Gasteiger partial charge in [0.25, 0.3) is 0 Å². The van der Waals surface area contributed by atoms with Crippen molar-refractivity contribution in [1.29, 1.82) is 0 Å². The lowest BCUT2D eigenvalue weighted by atomic mass is 9.95. The van der Waals surface area contributed by atoms with Gasteiger partial charge in [0.2, 0.25) is 0 Å². The van der Waals surface area contributed by atoms with Crippen LogP contribution in [0.4, 0.5) is 0 Å². The third kappa shape index (κ3) is 2.32. The number of phenolic OH excluding ortho intramolecular Hbond substituents is 1. The molecule has 0 spiro atoms. The molecule has 2 aromatic rings. The van der Waals surface area contributed by atoms with Gasteiger partial charge >= 0.3 is 0 Å². The van der Waals surface area contributed by atoms with Gasteiger partial charge in [-0.05, 0) is 54.0 Å². The third-order valence-corrected chi connectivity index (χ3v) is 4.50. The Bertz CT molecular complexity index is 590. The van der Waals surface area contributed by atoms with Crippen LogP contribution in [0.15, 0.2) is 48.5 Å². The monoisotopic (exact) mass is 266 g/mol. The molecule has 1 aliphatic heterocycles. The molecule has 102 valence electrons. The Morgan fingerprint density at radius 2 is 1.40 bits per heavy atom. The molecule has 20 heavy (non-hydrogen) atoms. The summed E-state index contributed by atoms with van der Waals surface area (Å²) in [6, 6.07) is 16.2. The van der Waals surface area contributed by atoms with Gasteiger partial charge in [-0.1, -0.05) is 36.4 Å². The molecule has 3 atom stereocenters. The van der Waals surface area contributed by atoms with Crippen LogP contribution in [-0.4, -0.2) is 17.3 Å². The fourth-order valence-electron chi connectivity index (χ4n) is 3.33. The van der Waals surface area contributed by atoms with Crippen LogP contribution in [0.5, 0.6) is 5.75 Å². The first-order chi connectivity index (χ1) is 9.78. The summed E-state index contributed by atoms with van der Waals surface area (Å²) in [6.07, 6.45) is 4.81. The Labute approximate surface area is 119 Å².